The van der Waals surface area contributed by atoms with Gasteiger partial charge in [0.2, 0.25) is 0 Å². The van der Waals surface area contributed by atoms with E-state index in [0.717, 1.165) is 25.7 Å². The Morgan fingerprint density at radius 1 is 0.633 bits per heavy atom. The van der Waals surface area contributed by atoms with Gasteiger partial charge < -0.3 is 19.6 Å². The number of ether oxygens (including phenoxy) is 1. The van der Waals surface area contributed by atoms with Gasteiger partial charge in [0.25, 0.3) is 11.8 Å². The van der Waals surface area contributed by atoms with Crippen LogP contribution in [0.1, 0.15) is 81.0 Å². The van der Waals surface area contributed by atoms with Crippen LogP contribution in [0.4, 0.5) is 20.2 Å². The summed E-state index contributed by atoms with van der Waals surface area (Å²) < 4.78 is 34.3. The van der Waals surface area contributed by atoms with E-state index in [1.165, 1.54) is 47.2 Å². The third kappa shape index (κ3) is 7.85. The van der Waals surface area contributed by atoms with Gasteiger partial charge in [-0.25, -0.2) is 18.4 Å². The van der Waals surface area contributed by atoms with Gasteiger partial charge >= 0.3 is 11.9 Å². The largest absolute Gasteiger partial charge is 0.478 e. The van der Waals surface area contributed by atoms with Crippen LogP contribution in [0.25, 0.3) is 0 Å². The van der Waals surface area contributed by atoms with Gasteiger partial charge in [0.15, 0.2) is 11.6 Å². The summed E-state index contributed by atoms with van der Waals surface area (Å²) in [7, 11) is 1.20. The fourth-order valence-corrected chi connectivity index (χ4v) is 5.89. The van der Waals surface area contributed by atoms with E-state index in [0.29, 0.717) is 23.0 Å². The summed E-state index contributed by atoms with van der Waals surface area (Å²) in [6.07, 6.45) is 4.00. The predicted octanol–water partition coefficient (Wildman–Crippen LogP) is 8.03. The van der Waals surface area contributed by atoms with Gasteiger partial charge in [-0.3, -0.25) is 9.59 Å². The Bertz CT molecular complexity index is 1830. The van der Waals surface area contributed by atoms with Crippen LogP contribution in [-0.4, -0.2) is 48.1 Å². The molecule has 0 heterocycles. The lowest BCUT2D eigenvalue weighted by atomic mass is 10.1. The molecular formula is C39H38F2N2O6. The number of aromatic carboxylic acids is 1. The molecule has 49 heavy (non-hydrogen) atoms. The van der Waals surface area contributed by atoms with E-state index in [9.17, 15) is 28.0 Å². The molecule has 0 radical (unpaired) electrons. The Kier molecular flexibility index (Phi) is 10.9. The highest BCUT2D eigenvalue weighted by molar-refractivity contribution is 6.08. The first-order valence-electron chi connectivity index (χ1n) is 16.2. The Morgan fingerprint density at radius 3 is 1.39 bits per heavy atom. The number of carbonyl (C=O) groups excluding carboxylic acids is 3. The van der Waals surface area contributed by atoms with Gasteiger partial charge in [-0.1, -0.05) is 48.5 Å². The molecule has 2 aliphatic carbocycles. The van der Waals surface area contributed by atoms with E-state index in [2.05, 4.69) is 4.74 Å². The number of nitrogens with zero attached hydrogens (tertiary/aromatic N) is 2. The standard InChI is InChI=1S/C20H20FNO3.C19H18FNO3/c1-13(14-11-12-14)22(19(23)15-7-4-3-5-8-15)17-10-6-9-16(18(17)21)20(24)25-2;1-12(13-10-11-13)21(18(22)14-6-3-2-4-7-14)16-9-5-8-15(17(16)20)19(23)24/h3-10,13-14H,11-12H2,1-2H3;2-9,12-13H,10-11H2,1H3,(H,23,24). The SMILES string of the molecule is CC(C1CC1)N(C(=O)c1ccccc1)c1cccc(C(=O)O)c1F.COC(=O)c1cccc(N(C(=O)c2ccccc2)C(C)C2CC2)c1F. The van der Waals surface area contributed by atoms with Gasteiger partial charge in [-0.2, -0.15) is 0 Å². The van der Waals surface area contributed by atoms with Gasteiger partial charge in [0, 0.05) is 23.2 Å². The molecule has 0 spiro atoms. The first kappa shape index (κ1) is 34.9. The normalized spacial score (nSPS) is 14.8. The van der Waals surface area contributed by atoms with Crippen molar-refractivity contribution < 1.29 is 37.8 Å². The van der Waals surface area contributed by atoms with Gasteiger partial charge in [-0.15, -0.1) is 0 Å². The molecule has 4 aromatic rings. The van der Waals surface area contributed by atoms with Crippen LogP contribution < -0.4 is 9.80 Å². The highest BCUT2D eigenvalue weighted by Crippen LogP contribution is 2.40. The molecule has 0 saturated heterocycles. The van der Waals surface area contributed by atoms with Crippen molar-refractivity contribution in [3.05, 3.63) is 131 Å². The number of carboxylic acid groups (broad SMARTS) is 1. The van der Waals surface area contributed by atoms with Crippen LogP contribution in [0.2, 0.25) is 0 Å². The maximum Gasteiger partial charge on any atom is 0.340 e. The number of carboxylic acids is 1. The van der Waals surface area contributed by atoms with E-state index >= 15 is 0 Å². The maximum absolute atomic E-state index is 15.0. The maximum atomic E-state index is 15.0. The topological polar surface area (TPSA) is 104 Å². The summed E-state index contributed by atoms with van der Waals surface area (Å²) in [5, 5.41) is 9.14. The minimum atomic E-state index is -1.35. The van der Waals surface area contributed by atoms with Crippen molar-refractivity contribution >= 4 is 35.1 Å². The molecule has 10 heteroatoms. The molecule has 0 aromatic heterocycles. The molecular weight excluding hydrogens is 630 g/mol. The first-order chi connectivity index (χ1) is 23.5. The second kappa shape index (κ2) is 15.2. The third-order valence-electron chi connectivity index (χ3n) is 9.01. The van der Waals surface area contributed by atoms with Crippen LogP contribution in [0.3, 0.4) is 0 Å². The van der Waals surface area contributed by atoms with Crippen molar-refractivity contribution in [1.82, 2.24) is 0 Å². The van der Waals surface area contributed by atoms with Crippen LogP contribution in [0.15, 0.2) is 97.1 Å². The number of hydrogen-bond donors (Lipinski definition) is 1. The van der Waals surface area contributed by atoms with E-state index in [1.54, 1.807) is 60.7 Å². The zero-order chi connectivity index (χ0) is 35.2. The van der Waals surface area contributed by atoms with Crippen molar-refractivity contribution in [2.45, 2.75) is 51.6 Å². The number of anilines is 2. The summed E-state index contributed by atoms with van der Waals surface area (Å²) in [4.78, 5) is 51.9. The van der Waals surface area contributed by atoms with E-state index in [4.69, 9.17) is 5.11 Å². The zero-order valence-corrected chi connectivity index (χ0v) is 27.5. The minimum absolute atomic E-state index is 0.0168. The average molecular weight is 669 g/mol. The highest BCUT2D eigenvalue weighted by atomic mass is 19.1. The summed E-state index contributed by atoms with van der Waals surface area (Å²) in [6.45, 7) is 3.80. The lowest BCUT2D eigenvalue weighted by Crippen LogP contribution is -2.41. The lowest BCUT2D eigenvalue weighted by molar-refractivity contribution is 0.0594. The smallest absolute Gasteiger partial charge is 0.340 e. The van der Waals surface area contributed by atoms with E-state index in [-0.39, 0.29) is 40.8 Å². The molecule has 0 bridgehead atoms. The molecule has 2 atom stereocenters. The molecule has 8 nitrogen and oxygen atoms in total. The Morgan fingerprint density at radius 2 is 1.02 bits per heavy atom. The monoisotopic (exact) mass is 668 g/mol. The molecule has 2 aliphatic rings. The fraction of sp³-hybridized carbons (Fsp3) is 0.282. The van der Waals surface area contributed by atoms with Crippen molar-refractivity contribution in [2.24, 2.45) is 11.8 Å². The molecule has 2 unspecified atom stereocenters. The number of amides is 2. The van der Waals surface area contributed by atoms with E-state index < -0.39 is 29.1 Å². The number of esters is 1. The van der Waals surface area contributed by atoms with Crippen molar-refractivity contribution in [3.8, 4) is 0 Å². The summed E-state index contributed by atoms with van der Waals surface area (Å²) >= 11 is 0. The number of hydrogen-bond acceptors (Lipinski definition) is 5. The quantitative estimate of drug-likeness (QED) is 0.172. The molecule has 4 aromatic carbocycles. The van der Waals surface area contributed by atoms with Crippen LogP contribution in [-0.2, 0) is 4.74 Å². The Labute approximate surface area is 283 Å². The van der Waals surface area contributed by atoms with Crippen molar-refractivity contribution in [3.63, 3.8) is 0 Å². The van der Waals surface area contributed by atoms with Crippen molar-refractivity contribution in [2.75, 3.05) is 16.9 Å². The average Bonchev–Trinajstić information content (AvgIpc) is 4.04. The fourth-order valence-electron chi connectivity index (χ4n) is 5.89. The Balaban J connectivity index is 0.000000191. The lowest BCUT2D eigenvalue weighted by Gasteiger charge is -2.30. The van der Waals surface area contributed by atoms with Crippen LogP contribution in [0.5, 0.6) is 0 Å². The molecule has 254 valence electrons. The molecule has 2 fully saturated rings. The van der Waals surface area contributed by atoms with E-state index in [1.807, 2.05) is 19.9 Å². The van der Waals surface area contributed by atoms with Crippen molar-refractivity contribution in [1.29, 1.82) is 0 Å². The summed E-state index contributed by atoms with van der Waals surface area (Å²) in [5.41, 5.74) is 0.456. The predicted molar refractivity (Wildman–Crippen MR) is 182 cm³/mol. The highest BCUT2D eigenvalue weighted by Gasteiger charge is 2.38. The minimum Gasteiger partial charge on any atom is -0.478 e. The number of benzene rings is 4. The zero-order valence-electron chi connectivity index (χ0n) is 27.5. The second-order valence-corrected chi connectivity index (χ2v) is 12.3. The molecule has 1 N–H and O–H groups in total. The molecule has 2 amide bonds. The summed E-state index contributed by atoms with van der Waals surface area (Å²) in [5.74, 6) is -3.66. The first-order valence-corrected chi connectivity index (χ1v) is 16.2. The third-order valence-corrected chi connectivity index (χ3v) is 9.01. The van der Waals surface area contributed by atoms with Gasteiger partial charge in [0.05, 0.1) is 29.6 Å². The molecule has 6 rings (SSSR count). The number of methoxy groups -OCH3 is 1. The Hall–Kier alpha value is -5.38. The molecule has 2 saturated carbocycles. The van der Waals surface area contributed by atoms with Crippen LogP contribution in [0, 0.1) is 23.5 Å². The number of carbonyl (C=O) groups is 4. The second-order valence-electron chi connectivity index (χ2n) is 12.3. The van der Waals surface area contributed by atoms with Crippen LogP contribution >= 0.6 is 0 Å². The van der Waals surface area contributed by atoms with Gasteiger partial charge in [0.1, 0.15) is 0 Å². The summed E-state index contributed by atoms with van der Waals surface area (Å²) in [6, 6.07) is 25.6. The number of rotatable bonds is 10. The number of halogens is 2. The molecule has 0 aliphatic heterocycles. The van der Waals surface area contributed by atoms with Gasteiger partial charge in [-0.05, 0) is 99.9 Å².